The average Bonchev–Trinajstić information content (AvgIpc) is 3.23. The lowest BCUT2D eigenvalue weighted by Crippen LogP contribution is -2.31. The maximum atomic E-state index is 13.6. The molecule has 1 saturated heterocycles. The van der Waals surface area contributed by atoms with Crippen LogP contribution in [0.15, 0.2) is 48.8 Å². The Balaban J connectivity index is 1.46. The van der Waals surface area contributed by atoms with E-state index in [4.69, 9.17) is 0 Å². The number of amides is 1. The highest BCUT2D eigenvalue weighted by atomic mass is 19.1. The Bertz CT molecular complexity index is 858. The van der Waals surface area contributed by atoms with Gasteiger partial charge in [0.2, 0.25) is 5.91 Å². The number of hydrogen-bond donors (Lipinski definition) is 0. The fourth-order valence-electron chi connectivity index (χ4n) is 3.16. The molecule has 1 atom stereocenters. The van der Waals surface area contributed by atoms with Gasteiger partial charge in [-0.3, -0.25) is 14.5 Å². The number of likely N-dealkylation sites (tertiary alicyclic amines) is 1. The molecule has 0 saturated carbocycles. The van der Waals surface area contributed by atoms with Crippen molar-refractivity contribution in [2.75, 3.05) is 13.1 Å². The zero-order valence-corrected chi connectivity index (χ0v) is 13.1. The second-order valence-electron chi connectivity index (χ2n) is 6.06. The molecule has 0 aliphatic carbocycles. The van der Waals surface area contributed by atoms with E-state index in [1.165, 1.54) is 18.3 Å². The predicted octanol–water partition coefficient (Wildman–Crippen LogP) is 2.59. The van der Waals surface area contributed by atoms with E-state index in [0.717, 1.165) is 17.3 Å². The molecule has 1 unspecified atom stereocenters. The predicted molar refractivity (Wildman–Crippen MR) is 87.9 cm³/mol. The molecule has 3 heterocycles. The Morgan fingerprint density at radius 1 is 1.25 bits per heavy atom. The molecule has 0 N–H and O–H groups in total. The largest absolute Gasteiger partial charge is 0.340 e. The third-order valence-electron chi connectivity index (χ3n) is 4.47. The molecule has 0 bridgehead atoms. The number of pyridine rings is 1. The van der Waals surface area contributed by atoms with Gasteiger partial charge in [-0.2, -0.15) is 5.10 Å². The zero-order chi connectivity index (χ0) is 16.5. The monoisotopic (exact) mass is 324 g/mol. The van der Waals surface area contributed by atoms with Gasteiger partial charge in [-0.1, -0.05) is 18.2 Å². The Labute approximate surface area is 138 Å². The Morgan fingerprint density at radius 2 is 2.12 bits per heavy atom. The van der Waals surface area contributed by atoms with Crippen molar-refractivity contribution in [2.24, 2.45) is 0 Å². The van der Waals surface area contributed by atoms with Crippen molar-refractivity contribution in [3.05, 3.63) is 60.3 Å². The quantitative estimate of drug-likeness (QED) is 0.744. The minimum Gasteiger partial charge on any atom is -0.340 e. The van der Waals surface area contributed by atoms with Gasteiger partial charge in [0.1, 0.15) is 5.82 Å². The Morgan fingerprint density at radius 3 is 2.96 bits per heavy atom. The summed E-state index contributed by atoms with van der Waals surface area (Å²) in [5.41, 5.74) is 1.16. The molecule has 24 heavy (non-hydrogen) atoms. The van der Waals surface area contributed by atoms with Crippen LogP contribution in [-0.2, 0) is 11.2 Å². The zero-order valence-electron chi connectivity index (χ0n) is 13.1. The summed E-state index contributed by atoms with van der Waals surface area (Å²) in [7, 11) is 0. The molecule has 122 valence electrons. The summed E-state index contributed by atoms with van der Waals surface area (Å²) in [5, 5.41) is 5.69. The molecule has 1 aliphatic heterocycles. The summed E-state index contributed by atoms with van der Waals surface area (Å²) in [6, 6.07) is 11.0. The molecule has 1 fully saturated rings. The number of halogens is 1. The smallest absolute Gasteiger partial charge is 0.228 e. The number of benzene rings is 1. The van der Waals surface area contributed by atoms with Crippen LogP contribution in [0.2, 0.25) is 0 Å². The van der Waals surface area contributed by atoms with Crippen LogP contribution < -0.4 is 0 Å². The van der Waals surface area contributed by atoms with Crippen LogP contribution in [0, 0.1) is 5.82 Å². The normalized spacial score (nSPS) is 17.5. The lowest BCUT2D eigenvalue weighted by Gasteiger charge is -2.16. The molecule has 4 rings (SSSR count). The van der Waals surface area contributed by atoms with Gasteiger partial charge in [-0.25, -0.2) is 4.39 Å². The topological polar surface area (TPSA) is 51.0 Å². The molecule has 6 heteroatoms. The number of fused-ring (bicyclic) bond motifs is 1. The van der Waals surface area contributed by atoms with Crippen LogP contribution in [0.3, 0.4) is 0 Å². The van der Waals surface area contributed by atoms with Gasteiger partial charge in [-0.15, -0.1) is 0 Å². The first-order chi connectivity index (χ1) is 11.7. The number of carbonyl (C=O) groups is 1. The maximum absolute atomic E-state index is 13.6. The van der Waals surface area contributed by atoms with Crippen molar-refractivity contribution < 1.29 is 9.18 Å². The lowest BCUT2D eigenvalue weighted by molar-refractivity contribution is -0.129. The fourth-order valence-corrected chi connectivity index (χ4v) is 3.16. The first-order valence-electron chi connectivity index (χ1n) is 8.02. The highest BCUT2D eigenvalue weighted by Crippen LogP contribution is 2.24. The van der Waals surface area contributed by atoms with E-state index in [2.05, 4.69) is 10.1 Å². The van der Waals surface area contributed by atoms with Gasteiger partial charge in [-0.05, 0) is 24.6 Å². The fraction of sp³-hybridized carbons (Fsp3) is 0.278. The van der Waals surface area contributed by atoms with E-state index in [9.17, 15) is 9.18 Å². The van der Waals surface area contributed by atoms with Gasteiger partial charge >= 0.3 is 0 Å². The van der Waals surface area contributed by atoms with E-state index < -0.39 is 5.82 Å². The van der Waals surface area contributed by atoms with Crippen molar-refractivity contribution in [3.63, 3.8) is 0 Å². The van der Waals surface area contributed by atoms with Gasteiger partial charge in [0, 0.05) is 30.9 Å². The van der Waals surface area contributed by atoms with E-state index in [-0.39, 0.29) is 24.1 Å². The van der Waals surface area contributed by atoms with Gasteiger partial charge in [0.15, 0.2) is 0 Å². The number of nitrogens with zero attached hydrogens (tertiary/aromatic N) is 4. The van der Waals surface area contributed by atoms with Crippen LogP contribution in [0.1, 0.15) is 18.2 Å². The molecule has 1 aliphatic rings. The standard InChI is InChI=1S/C18H17FN4O/c19-15-5-3-8-20-17(15)10-18(24)22-9-7-14(12-22)23-11-13-4-1-2-6-16(13)21-23/h1-6,8,11,14H,7,9-10,12H2. The van der Waals surface area contributed by atoms with Crippen molar-refractivity contribution in [3.8, 4) is 0 Å². The van der Waals surface area contributed by atoms with Gasteiger partial charge in [0.05, 0.1) is 23.7 Å². The van der Waals surface area contributed by atoms with Crippen molar-refractivity contribution in [2.45, 2.75) is 18.9 Å². The van der Waals surface area contributed by atoms with Gasteiger partial charge in [0.25, 0.3) is 0 Å². The van der Waals surface area contributed by atoms with E-state index in [1.807, 2.05) is 35.1 Å². The maximum Gasteiger partial charge on any atom is 0.228 e. The first-order valence-corrected chi connectivity index (χ1v) is 8.02. The van der Waals surface area contributed by atoms with Crippen molar-refractivity contribution in [1.82, 2.24) is 19.7 Å². The summed E-state index contributed by atoms with van der Waals surface area (Å²) in [6.45, 7) is 1.26. The first kappa shape index (κ1) is 14.8. The summed E-state index contributed by atoms with van der Waals surface area (Å²) in [6.07, 6.45) is 4.38. The number of aromatic nitrogens is 3. The molecule has 5 nitrogen and oxygen atoms in total. The summed E-state index contributed by atoms with van der Waals surface area (Å²) >= 11 is 0. The number of rotatable bonds is 3. The van der Waals surface area contributed by atoms with E-state index in [0.29, 0.717) is 13.1 Å². The highest BCUT2D eigenvalue weighted by Gasteiger charge is 2.28. The molecule has 0 radical (unpaired) electrons. The van der Waals surface area contributed by atoms with Crippen LogP contribution >= 0.6 is 0 Å². The molecule has 1 aromatic carbocycles. The minimum atomic E-state index is -0.431. The third-order valence-corrected chi connectivity index (χ3v) is 4.47. The second-order valence-corrected chi connectivity index (χ2v) is 6.06. The summed E-state index contributed by atoms with van der Waals surface area (Å²) in [4.78, 5) is 18.1. The summed E-state index contributed by atoms with van der Waals surface area (Å²) in [5.74, 6) is -0.522. The third kappa shape index (κ3) is 2.75. The lowest BCUT2D eigenvalue weighted by atomic mass is 10.2. The average molecular weight is 324 g/mol. The van der Waals surface area contributed by atoms with E-state index in [1.54, 1.807) is 4.90 Å². The van der Waals surface area contributed by atoms with Crippen molar-refractivity contribution in [1.29, 1.82) is 0 Å². The van der Waals surface area contributed by atoms with Gasteiger partial charge < -0.3 is 4.90 Å². The number of carbonyl (C=O) groups excluding carboxylic acids is 1. The van der Waals surface area contributed by atoms with Crippen LogP contribution in [-0.4, -0.2) is 38.7 Å². The van der Waals surface area contributed by atoms with Crippen LogP contribution in [0.5, 0.6) is 0 Å². The minimum absolute atomic E-state index is 0.000472. The summed E-state index contributed by atoms with van der Waals surface area (Å²) < 4.78 is 15.6. The molecule has 0 spiro atoms. The molecular formula is C18H17FN4O. The second kappa shape index (κ2) is 6.03. The molecule has 3 aromatic rings. The molecule has 1 amide bonds. The van der Waals surface area contributed by atoms with Crippen LogP contribution in [0.25, 0.3) is 10.9 Å². The van der Waals surface area contributed by atoms with E-state index >= 15 is 0 Å². The molecule has 2 aromatic heterocycles. The number of hydrogen-bond acceptors (Lipinski definition) is 3. The van der Waals surface area contributed by atoms with Crippen LogP contribution in [0.4, 0.5) is 4.39 Å². The highest BCUT2D eigenvalue weighted by molar-refractivity contribution is 5.79. The van der Waals surface area contributed by atoms with Crippen molar-refractivity contribution >= 4 is 16.8 Å². The SMILES string of the molecule is O=C(Cc1ncccc1F)N1CCC(n2cc3ccccc3n2)C1. The Hall–Kier alpha value is -2.76. The Kier molecular flexibility index (Phi) is 3.72. The molecular weight excluding hydrogens is 307 g/mol.